The summed E-state index contributed by atoms with van der Waals surface area (Å²) in [6.45, 7) is 2.36. The summed E-state index contributed by atoms with van der Waals surface area (Å²) < 4.78 is 14.0. The number of aryl methyl sites for hydroxylation is 1. The van der Waals surface area contributed by atoms with Crippen molar-refractivity contribution in [3.8, 4) is 0 Å². The number of anilines is 2. The average Bonchev–Trinajstić information content (AvgIpc) is 3.18. The van der Waals surface area contributed by atoms with Gasteiger partial charge in [0.2, 0.25) is 5.91 Å². The molecule has 3 N–H and O–H groups in total. The van der Waals surface area contributed by atoms with Crippen LogP contribution >= 0.6 is 0 Å². The molecule has 2 aromatic carbocycles. The Morgan fingerprint density at radius 3 is 2.58 bits per heavy atom. The van der Waals surface area contributed by atoms with Crippen LogP contribution in [0.25, 0.3) is 0 Å². The molecule has 2 fully saturated rings. The molecule has 6 nitrogen and oxygen atoms in total. The highest BCUT2D eigenvalue weighted by Crippen LogP contribution is 2.35. The molecular formula is C24H28FN3O3. The van der Waals surface area contributed by atoms with E-state index < -0.39 is 17.9 Å². The number of amides is 3. The molecule has 0 radical (unpaired) electrons. The largest absolute Gasteiger partial charge is 0.393 e. The second-order valence-corrected chi connectivity index (χ2v) is 8.52. The van der Waals surface area contributed by atoms with Crippen LogP contribution in [0.1, 0.15) is 49.1 Å². The fraction of sp³-hybridized carbons (Fsp3) is 0.417. The van der Waals surface area contributed by atoms with E-state index in [4.69, 9.17) is 0 Å². The maximum absolute atomic E-state index is 14.0. The summed E-state index contributed by atoms with van der Waals surface area (Å²) in [6, 6.07) is 11.2. The minimum Gasteiger partial charge on any atom is -0.393 e. The van der Waals surface area contributed by atoms with Gasteiger partial charge < -0.3 is 20.6 Å². The number of piperidine rings is 1. The van der Waals surface area contributed by atoms with Crippen LogP contribution in [-0.2, 0) is 4.79 Å². The van der Waals surface area contributed by atoms with Crippen LogP contribution in [-0.4, -0.2) is 35.7 Å². The van der Waals surface area contributed by atoms with E-state index in [-0.39, 0.29) is 17.7 Å². The van der Waals surface area contributed by atoms with Gasteiger partial charge in [0.25, 0.3) is 0 Å². The Labute approximate surface area is 181 Å². The summed E-state index contributed by atoms with van der Waals surface area (Å²) >= 11 is 0. The van der Waals surface area contributed by atoms with Crippen molar-refractivity contribution in [2.45, 2.75) is 57.1 Å². The number of aliphatic hydroxyl groups excluding tert-OH is 1. The third-order valence-electron chi connectivity index (χ3n) is 6.20. The Kier molecular flexibility index (Phi) is 6.23. The van der Waals surface area contributed by atoms with Crippen LogP contribution in [0.5, 0.6) is 0 Å². The van der Waals surface area contributed by atoms with E-state index in [0.717, 1.165) is 36.9 Å². The van der Waals surface area contributed by atoms with E-state index in [2.05, 4.69) is 10.6 Å². The molecule has 0 bridgehead atoms. The summed E-state index contributed by atoms with van der Waals surface area (Å²) in [5.41, 5.74) is 2.82. The first-order valence-corrected chi connectivity index (χ1v) is 10.8. The van der Waals surface area contributed by atoms with Crippen LogP contribution in [0.4, 0.5) is 20.6 Å². The number of aliphatic hydroxyl groups is 1. The minimum absolute atomic E-state index is 0.0795. The zero-order chi connectivity index (χ0) is 22.0. The highest BCUT2D eigenvalue weighted by molar-refractivity contribution is 6.01. The van der Waals surface area contributed by atoms with E-state index in [9.17, 15) is 19.1 Å². The first kappa shape index (κ1) is 21.3. The normalized spacial score (nSPS) is 23.6. The Morgan fingerprint density at radius 1 is 1.13 bits per heavy atom. The van der Waals surface area contributed by atoms with Crippen molar-refractivity contribution < 1.29 is 19.1 Å². The van der Waals surface area contributed by atoms with Gasteiger partial charge in [-0.25, -0.2) is 9.18 Å². The molecule has 0 aromatic heterocycles. The number of halogens is 1. The van der Waals surface area contributed by atoms with Crippen LogP contribution in [0.3, 0.4) is 0 Å². The zero-order valence-electron chi connectivity index (χ0n) is 17.6. The van der Waals surface area contributed by atoms with Crippen molar-refractivity contribution in [3.63, 3.8) is 0 Å². The first-order valence-electron chi connectivity index (χ1n) is 10.8. The molecule has 1 saturated heterocycles. The number of carbonyl (C=O) groups is 2. The molecule has 0 spiro atoms. The van der Waals surface area contributed by atoms with Crippen LogP contribution in [0, 0.1) is 12.7 Å². The van der Waals surface area contributed by atoms with E-state index >= 15 is 0 Å². The number of urea groups is 1. The maximum atomic E-state index is 14.0. The summed E-state index contributed by atoms with van der Waals surface area (Å²) in [7, 11) is 0. The molecule has 3 unspecified atom stereocenters. The molecule has 1 aliphatic carbocycles. The number of benzene rings is 2. The lowest BCUT2D eigenvalue weighted by molar-refractivity contribution is -0.121. The van der Waals surface area contributed by atoms with Crippen LogP contribution in [0.2, 0.25) is 0 Å². The van der Waals surface area contributed by atoms with Crippen molar-refractivity contribution in [1.29, 1.82) is 0 Å². The van der Waals surface area contributed by atoms with E-state index in [0.29, 0.717) is 18.9 Å². The molecule has 1 heterocycles. The van der Waals surface area contributed by atoms with Gasteiger partial charge in [0.15, 0.2) is 0 Å². The van der Waals surface area contributed by atoms with Gasteiger partial charge in [-0.15, -0.1) is 0 Å². The third-order valence-corrected chi connectivity index (χ3v) is 6.20. The molecule has 31 heavy (non-hydrogen) atoms. The van der Waals surface area contributed by atoms with Gasteiger partial charge in [0, 0.05) is 12.2 Å². The van der Waals surface area contributed by atoms with Gasteiger partial charge in [0.1, 0.15) is 11.9 Å². The van der Waals surface area contributed by atoms with Crippen molar-refractivity contribution >= 4 is 23.3 Å². The van der Waals surface area contributed by atoms with Gasteiger partial charge in [-0.3, -0.25) is 4.79 Å². The fourth-order valence-electron chi connectivity index (χ4n) is 4.49. The number of hydrogen-bond donors (Lipinski definition) is 3. The quantitative estimate of drug-likeness (QED) is 0.690. The zero-order valence-corrected chi connectivity index (χ0v) is 17.6. The number of hydrogen-bond acceptors (Lipinski definition) is 3. The minimum atomic E-state index is -0.660. The van der Waals surface area contributed by atoms with Gasteiger partial charge >= 0.3 is 6.03 Å². The molecule has 2 aromatic rings. The molecular weight excluding hydrogens is 397 g/mol. The molecule has 1 aliphatic heterocycles. The predicted octanol–water partition coefficient (Wildman–Crippen LogP) is 4.08. The second kappa shape index (κ2) is 9.06. The van der Waals surface area contributed by atoms with Gasteiger partial charge in [-0.05, 0) is 80.3 Å². The van der Waals surface area contributed by atoms with Gasteiger partial charge in [-0.2, -0.15) is 0 Å². The molecule has 4 rings (SSSR count). The third kappa shape index (κ3) is 4.88. The Hall–Kier alpha value is -2.93. The van der Waals surface area contributed by atoms with Crippen molar-refractivity contribution in [2.24, 2.45) is 0 Å². The highest BCUT2D eigenvalue weighted by atomic mass is 19.1. The molecule has 164 valence electrons. The smallest absolute Gasteiger partial charge is 0.319 e. The standard InChI is InChI=1S/C24H28FN3O3/c1-15-4-11-21(20(25)13-15)26-24(31)27-22-3-2-12-28(23(22)30)18-8-5-16(6-9-18)17-7-10-19(29)14-17/h4-6,8-9,11,13,17,19,22,29H,2-3,7,10,12,14H2,1H3,(H2,26,27,31). The van der Waals surface area contributed by atoms with Gasteiger partial charge in [0.05, 0.1) is 11.8 Å². The molecule has 2 aliphatic rings. The predicted molar refractivity (Wildman–Crippen MR) is 118 cm³/mol. The molecule has 1 saturated carbocycles. The van der Waals surface area contributed by atoms with Crippen LogP contribution in [0.15, 0.2) is 42.5 Å². The summed E-state index contributed by atoms with van der Waals surface area (Å²) in [5.74, 6) is -0.321. The number of rotatable bonds is 4. The lowest BCUT2D eigenvalue weighted by Crippen LogP contribution is -2.53. The van der Waals surface area contributed by atoms with Crippen molar-refractivity contribution in [1.82, 2.24) is 5.32 Å². The van der Waals surface area contributed by atoms with E-state index in [1.54, 1.807) is 17.9 Å². The fourth-order valence-corrected chi connectivity index (χ4v) is 4.49. The maximum Gasteiger partial charge on any atom is 0.319 e. The Bertz CT molecular complexity index is 963. The SMILES string of the molecule is Cc1ccc(NC(=O)NC2CCCN(c3ccc(C4CCC(O)C4)cc3)C2=O)c(F)c1. The van der Waals surface area contributed by atoms with E-state index in [1.165, 1.54) is 17.7 Å². The van der Waals surface area contributed by atoms with Gasteiger partial charge in [-0.1, -0.05) is 18.2 Å². The first-order chi connectivity index (χ1) is 14.9. The summed E-state index contributed by atoms with van der Waals surface area (Å²) in [6.07, 6.45) is 3.67. The van der Waals surface area contributed by atoms with E-state index in [1.807, 2.05) is 24.3 Å². The highest BCUT2D eigenvalue weighted by Gasteiger charge is 2.31. The lowest BCUT2D eigenvalue weighted by Gasteiger charge is -2.33. The monoisotopic (exact) mass is 425 g/mol. The summed E-state index contributed by atoms with van der Waals surface area (Å²) in [5, 5.41) is 14.9. The van der Waals surface area contributed by atoms with Crippen molar-refractivity contribution in [3.05, 3.63) is 59.4 Å². The number of nitrogens with zero attached hydrogens (tertiary/aromatic N) is 1. The topological polar surface area (TPSA) is 81.7 Å². The van der Waals surface area contributed by atoms with Crippen LogP contribution < -0.4 is 15.5 Å². The summed E-state index contributed by atoms with van der Waals surface area (Å²) in [4.78, 5) is 27.0. The Balaban J connectivity index is 1.39. The molecule has 7 heteroatoms. The molecule has 3 atom stereocenters. The van der Waals surface area contributed by atoms with Crippen molar-refractivity contribution in [2.75, 3.05) is 16.8 Å². The molecule has 3 amide bonds. The number of nitrogens with one attached hydrogen (secondary N) is 2. The number of carbonyl (C=O) groups excluding carboxylic acids is 2. The Morgan fingerprint density at radius 2 is 1.90 bits per heavy atom. The second-order valence-electron chi connectivity index (χ2n) is 8.52. The average molecular weight is 426 g/mol. The lowest BCUT2D eigenvalue weighted by atomic mass is 9.96.